The molecule has 3 saturated carbocycles. The maximum atomic E-state index is 13.6. The lowest BCUT2D eigenvalue weighted by Crippen LogP contribution is -2.69. The van der Waals surface area contributed by atoms with E-state index in [4.69, 9.17) is 0 Å². The quantitative estimate of drug-likeness (QED) is 0.843. The molecule has 3 fully saturated rings. The van der Waals surface area contributed by atoms with E-state index in [0.717, 1.165) is 12.5 Å². The van der Waals surface area contributed by atoms with Crippen molar-refractivity contribution in [2.24, 2.45) is 5.41 Å². The van der Waals surface area contributed by atoms with Gasteiger partial charge in [0.25, 0.3) is 0 Å². The molecule has 1 unspecified atom stereocenters. The molecule has 4 aliphatic rings. The van der Waals surface area contributed by atoms with Gasteiger partial charge in [0.1, 0.15) is 17.5 Å². The van der Waals surface area contributed by atoms with Crippen molar-refractivity contribution in [3.63, 3.8) is 0 Å². The monoisotopic (exact) mass is 342 g/mol. The zero-order valence-electron chi connectivity index (χ0n) is 13.5. The molecule has 0 spiro atoms. The number of rotatable bonds is 2. The third-order valence-electron chi connectivity index (χ3n) is 6.03. The topological polar surface area (TPSA) is 63.6 Å². The first-order valence-electron chi connectivity index (χ1n) is 8.54. The van der Waals surface area contributed by atoms with Gasteiger partial charge < -0.3 is 0 Å². The number of hydrogen-bond acceptors (Lipinski definition) is 3. The lowest BCUT2D eigenvalue weighted by molar-refractivity contribution is -0.155. The normalized spacial score (nSPS) is 32.3. The van der Waals surface area contributed by atoms with Crippen LogP contribution in [0.3, 0.4) is 0 Å². The summed E-state index contributed by atoms with van der Waals surface area (Å²) in [6, 6.07) is 5.35. The number of halogens is 2. The molecule has 7 heteroatoms. The van der Waals surface area contributed by atoms with Gasteiger partial charge in [-0.05, 0) is 49.8 Å². The molecule has 0 amide bonds. The Morgan fingerprint density at radius 2 is 1.88 bits per heavy atom. The fraction of sp³-hybridized carbons (Fsp3) is 0.500. The van der Waals surface area contributed by atoms with Gasteiger partial charge in [0, 0.05) is 12.5 Å². The van der Waals surface area contributed by atoms with Gasteiger partial charge in [-0.15, -0.1) is 0 Å². The Balaban J connectivity index is 1.58. The van der Waals surface area contributed by atoms with Gasteiger partial charge in [0.2, 0.25) is 0 Å². The summed E-state index contributed by atoms with van der Waals surface area (Å²) in [4.78, 5) is 13.0. The highest BCUT2D eigenvalue weighted by Gasteiger charge is 2.71. The summed E-state index contributed by atoms with van der Waals surface area (Å²) >= 11 is 0. The van der Waals surface area contributed by atoms with Gasteiger partial charge >= 0.3 is 5.69 Å². The molecule has 5 nitrogen and oxygen atoms in total. The maximum absolute atomic E-state index is 13.6. The number of benzene rings is 1. The Hall–Kier alpha value is -2.49. The largest absolute Gasteiger partial charge is 0.347 e. The fourth-order valence-corrected chi connectivity index (χ4v) is 4.95. The number of aryl methyl sites for hydroxylation is 1. The van der Waals surface area contributed by atoms with Crippen LogP contribution in [0.15, 0.2) is 23.0 Å². The van der Waals surface area contributed by atoms with Gasteiger partial charge in [0.15, 0.2) is 0 Å². The highest BCUT2D eigenvalue weighted by molar-refractivity contribution is 5.29. The molecule has 128 valence electrons. The van der Waals surface area contributed by atoms with Crippen molar-refractivity contribution in [1.29, 1.82) is 5.26 Å². The minimum atomic E-state index is -0.641. The van der Waals surface area contributed by atoms with Crippen LogP contribution in [0.25, 0.3) is 0 Å². The van der Waals surface area contributed by atoms with E-state index in [0.29, 0.717) is 43.5 Å². The van der Waals surface area contributed by atoms with Crippen LogP contribution in [0.1, 0.15) is 49.5 Å². The molecule has 3 aliphatic carbocycles. The highest BCUT2D eigenvalue weighted by Crippen LogP contribution is 2.70. The molecule has 0 saturated heterocycles. The van der Waals surface area contributed by atoms with Gasteiger partial charge in [-0.25, -0.2) is 18.3 Å². The van der Waals surface area contributed by atoms with Crippen molar-refractivity contribution in [2.45, 2.75) is 50.1 Å². The van der Waals surface area contributed by atoms with E-state index >= 15 is 0 Å². The Kier molecular flexibility index (Phi) is 2.71. The zero-order chi connectivity index (χ0) is 17.4. The predicted molar refractivity (Wildman–Crippen MR) is 83.8 cm³/mol. The van der Waals surface area contributed by atoms with Crippen molar-refractivity contribution in [2.75, 3.05) is 0 Å². The minimum Gasteiger partial charge on any atom is -0.271 e. The van der Waals surface area contributed by atoms with Crippen molar-refractivity contribution in [3.05, 3.63) is 51.7 Å². The van der Waals surface area contributed by atoms with E-state index in [1.165, 1.54) is 16.8 Å². The van der Waals surface area contributed by atoms with Crippen LogP contribution in [-0.2, 0) is 12.0 Å². The molecule has 1 aliphatic heterocycles. The number of fused-ring (bicyclic) bond motifs is 1. The summed E-state index contributed by atoms with van der Waals surface area (Å²) in [6.07, 6.45) is 4.16. The van der Waals surface area contributed by atoms with Gasteiger partial charge in [-0.1, -0.05) is 0 Å². The maximum Gasteiger partial charge on any atom is 0.347 e. The second kappa shape index (κ2) is 4.57. The first kappa shape index (κ1) is 14.8. The molecule has 1 atom stereocenters. The Labute approximate surface area is 142 Å². The molecule has 2 aromatic rings. The van der Waals surface area contributed by atoms with Crippen LogP contribution in [-0.4, -0.2) is 14.3 Å². The first-order valence-corrected chi connectivity index (χ1v) is 8.54. The highest BCUT2D eigenvalue weighted by atomic mass is 19.1. The van der Waals surface area contributed by atoms with E-state index in [2.05, 4.69) is 11.2 Å². The van der Waals surface area contributed by atoms with Crippen LogP contribution in [0.2, 0.25) is 0 Å². The molecule has 0 radical (unpaired) electrons. The summed E-state index contributed by atoms with van der Waals surface area (Å²) in [7, 11) is 0. The molecule has 1 aromatic heterocycles. The molecule has 6 rings (SSSR count). The van der Waals surface area contributed by atoms with Crippen LogP contribution in [0, 0.1) is 28.4 Å². The summed E-state index contributed by atoms with van der Waals surface area (Å²) in [5.74, 6) is -0.613. The third kappa shape index (κ3) is 1.85. The van der Waals surface area contributed by atoms with Crippen LogP contribution in [0.4, 0.5) is 8.78 Å². The van der Waals surface area contributed by atoms with Crippen molar-refractivity contribution >= 4 is 0 Å². The van der Waals surface area contributed by atoms with E-state index < -0.39 is 17.7 Å². The summed E-state index contributed by atoms with van der Waals surface area (Å²) in [5.41, 5.74) is -0.356. The molecule has 2 heterocycles. The lowest BCUT2D eigenvalue weighted by Gasteiger charge is -2.65. The summed E-state index contributed by atoms with van der Waals surface area (Å²) in [6.45, 7) is 0. The smallest absolute Gasteiger partial charge is 0.271 e. The minimum absolute atomic E-state index is 0.226. The number of hydrogen-bond donors (Lipinski definition) is 0. The summed E-state index contributed by atoms with van der Waals surface area (Å²) in [5, 5.41) is 13.7. The second-order valence-corrected chi connectivity index (χ2v) is 7.74. The molecule has 25 heavy (non-hydrogen) atoms. The van der Waals surface area contributed by atoms with Gasteiger partial charge in [-0.2, -0.15) is 10.4 Å². The number of aromatic nitrogens is 3. The summed E-state index contributed by atoms with van der Waals surface area (Å²) < 4.78 is 30.4. The SMILES string of the molecule is N#CC12CC(n3nc4n(c3=O)C(c3cc(F)cc(F)c3)CCC4)(C1)C2. The second-order valence-electron chi connectivity index (χ2n) is 7.74. The van der Waals surface area contributed by atoms with E-state index in [9.17, 15) is 18.8 Å². The Bertz CT molecular complexity index is 959. The van der Waals surface area contributed by atoms with E-state index in [1.54, 1.807) is 4.57 Å². The third-order valence-corrected chi connectivity index (χ3v) is 6.03. The standard InChI is InChI=1S/C18H16F2N4O/c19-12-4-11(5-13(20)6-12)14-2-1-3-15-22-24(16(25)23(14)15)18-7-17(8-18,9-18)10-21/h4-6,14H,1-3,7-9H2. The Morgan fingerprint density at radius 3 is 2.52 bits per heavy atom. The van der Waals surface area contributed by atoms with Crippen molar-refractivity contribution in [3.8, 4) is 6.07 Å². The first-order chi connectivity index (χ1) is 12.0. The molecule has 0 N–H and O–H groups in total. The van der Waals surface area contributed by atoms with Gasteiger partial charge in [-0.3, -0.25) is 4.57 Å². The fourth-order valence-electron chi connectivity index (χ4n) is 4.95. The van der Waals surface area contributed by atoms with Crippen LogP contribution >= 0.6 is 0 Å². The predicted octanol–water partition coefficient (Wildman–Crippen LogP) is 2.65. The average Bonchev–Trinajstić information content (AvgIpc) is 2.82. The van der Waals surface area contributed by atoms with Crippen molar-refractivity contribution in [1.82, 2.24) is 14.3 Å². The van der Waals surface area contributed by atoms with E-state index in [1.807, 2.05) is 0 Å². The molecular formula is C18H16F2N4O. The lowest BCUT2D eigenvalue weighted by atomic mass is 9.40. The Morgan fingerprint density at radius 1 is 1.20 bits per heavy atom. The number of nitrogens with zero attached hydrogens (tertiary/aromatic N) is 4. The van der Waals surface area contributed by atoms with Gasteiger partial charge in [0.05, 0.1) is 23.1 Å². The van der Waals surface area contributed by atoms with Crippen LogP contribution < -0.4 is 5.69 Å². The average molecular weight is 342 g/mol. The molecule has 2 bridgehead atoms. The number of nitriles is 1. The van der Waals surface area contributed by atoms with Crippen molar-refractivity contribution < 1.29 is 8.78 Å². The van der Waals surface area contributed by atoms with Crippen LogP contribution in [0.5, 0.6) is 0 Å². The molecular weight excluding hydrogens is 326 g/mol. The molecule has 1 aromatic carbocycles. The zero-order valence-corrected chi connectivity index (χ0v) is 13.5. The van der Waals surface area contributed by atoms with E-state index in [-0.39, 0.29) is 16.6 Å².